The van der Waals surface area contributed by atoms with Crippen LogP contribution in [0.3, 0.4) is 0 Å². The Labute approximate surface area is 119 Å². The van der Waals surface area contributed by atoms with Crippen molar-refractivity contribution in [1.82, 2.24) is 10.2 Å². The Balaban J connectivity index is 2.65. The number of carboxylic acids is 1. The smallest absolute Gasteiger partial charge is 0.326 e. The summed E-state index contributed by atoms with van der Waals surface area (Å²) in [5.74, 6) is -0.987. The third-order valence-corrected chi connectivity index (χ3v) is 3.39. The van der Waals surface area contributed by atoms with Crippen LogP contribution in [0.25, 0.3) is 0 Å². The third-order valence-electron chi connectivity index (χ3n) is 3.39. The summed E-state index contributed by atoms with van der Waals surface area (Å²) in [5, 5.41) is 11.8. The third kappa shape index (κ3) is 3.98. The van der Waals surface area contributed by atoms with E-state index >= 15 is 0 Å². The number of urea groups is 1. The number of hydrogen-bond acceptors (Lipinski definition) is 2. The molecule has 5 heteroatoms. The van der Waals surface area contributed by atoms with Gasteiger partial charge < -0.3 is 15.3 Å². The Hall–Kier alpha value is -2.04. The molecule has 2 N–H and O–H groups in total. The summed E-state index contributed by atoms with van der Waals surface area (Å²) in [6.07, 6.45) is 1.28. The summed E-state index contributed by atoms with van der Waals surface area (Å²) in [7, 11) is 1.50. The molecule has 5 nitrogen and oxygen atoms in total. The van der Waals surface area contributed by atoms with Gasteiger partial charge in [-0.2, -0.15) is 0 Å². The molecule has 0 radical (unpaired) electrons. The minimum Gasteiger partial charge on any atom is -0.480 e. The van der Waals surface area contributed by atoms with Crippen molar-refractivity contribution < 1.29 is 14.7 Å². The van der Waals surface area contributed by atoms with Crippen LogP contribution in [0.2, 0.25) is 0 Å². The van der Waals surface area contributed by atoms with Gasteiger partial charge in [-0.15, -0.1) is 0 Å². The lowest BCUT2D eigenvalue weighted by molar-refractivity contribution is -0.141. The van der Waals surface area contributed by atoms with Crippen LogP contribution in [-0.2, 0) is 17.8 Å². The standard InChI is InChI=1S/C15H22N2O3/c1-4-11-8-6-7-9-12(11)10-16-15(20)17(3)13(5-2)14(18)19/h6-9,13H,4-5,10H2,1-3H3,(H,16,20)(H,18,19). The Morgan fingerprint density at radius 3 is 2.35 bits per heavy atom. The number of carboxylic acid groups (broad SMARTS) is 1. The second-order valence-corrected chi connectivity index (χ2v) is 4.65. The monoisotopic (exact) mass is 278 g/mol. The summed E-state index contributed by atoms with van der Waals surface area (Å²) < 4.78 is 0. The first-order valence-electron chi connectivity index (χ1n) is 6.81. The number of carbonyl (C=O) groups is 2. The van der Waals surface area contributed by atoms with Gasteiger partial charge in [0.05, 0.1) is 0 Å². The molecule has 2 amide bonds. The number of likely N-dealkylation sites (N-methyl/N-ethyl adjacent to an activating group) is 1. The first-order chi connectivity index (χ1) is 9.51. The summed E-state index contributed by atoms with van der Waals surface area (Å²) in [6, 6.07) is 6.72. The summed E-state index contributed by atoms with van der Waals surface area (Å²) >= 11 is 0. The van der Waals surface area contributed by atoms with Crippen LogP contribution in [0.5, 0.6) is 0 Å². The molecule has 1 rings (SSSR count). The molecule has 0 fully saturated rings. The molecule has 0 aliphatic rings. The normalized spacial score (nSPS) is 11.8. The average molecular weight is 278 g/mol. The van der Waals surface area contributed by atoms with Gasteiger partial charge >= 0.3 is 12.0 Å². The van der Waals surface area contributed by atoms with Crippen LogP contribution < -0.4 is 5.32 Å². The van der Waals surface area contributed by atoms with E-state index in [0.717, 1.165) is 12.0 Å². The molecule has 0 heterocycles. The van der Waals surface area contributed by atoms with E-state index in [4.69, 9.17) is 5.11 Å². The SMILES string of the molecule is CCc1ccccc1CNC(=O)N(C)C(CC)C(=O)O. The highest BCUT2D eigenvalue weighted by Crippen LogP contribution is 2.09. The maximum Gasteiger partial charge on any atom is 0.326 e. The van der Waals surface area contributed by atoms with Gasteiger partial charge in [-0.3, -0.25) is 0 Å². The van der Waals surface area contributed by atoms with Gasteiger partial charge in [0, 0.05) is 13.6 Å². The molecule has 0 aliphatic heterocycles. The minimum atomic E-state index is -0.987. The highest BCUT2D eigenvalue weighted by atomic mass is 16.4. The molecule has 0 saturated carbocycles. The maximum absolute atomic E-state index is 12.0. The Kier molecular flexibility index (Phi) is 6.03. The van der Waals surface area contributed by atoms with E-state index in [0.29, 0.717) is 13.0 Å². The molecule has 0 saturated heterocycles. The fourth-order valence-electron chi connectivity index (χ4n) is 2.13. The number of rotatable bonds is 6. The first-order valence-corrected chi connectivity index (χ1v) is 6.81. The predicted octanol–water partition coefficient (Wildman–Crippen LogP) is 2.25. The van der Waals surface area contributed by atoms with Gasteiger partial charge in [-0.05, 0) is 24.0 Å². The zero-order valence-corrected chi connectivity index (χ0v) is 12.2. The quantitative estimate of drug-likeness (QED) is 0.838. The number of carbonyl (C=O) groups excluding carboxylic acids is 1. The molecular weight excluding hydrogens is 256 g/mol. The van der Waals surface area contributed by atoms with Crippen molar-refractivity contribution in [2.45, 2.75) is 39.3 Å². The van der Waals surface area contributed by atoms with Crippen LogP contribution in [0.4, 0.5) is 4.79 Å². The number of nitrogens with one attached hydrogen (secondary N) is 1. The van der Waals surface area contributed by atoms with E-state index in [9.17, 15) is 9.59 Å². The van der Waals surface area contributed by atoms with Crippen LogP contribution in [-0.4, -0.2) is 35.1 Å². The molecule has 0 aromatic heterocycles. The van der Waals surface area contributed by atoms with Crippen LogP contribution in [0.1, 0.15) is 31.4 Å². The second kappa shape index (κ2) is 7.53. The number of aliphatic carboxylic acids is 1. The van der Waals surface area contributed by atoms with E-state index in [1.54, 1.807) is 6.92 Å². The summed E-state index contributed by atoms with van der Waals surface area (Å²) in [4.78, 5) is 24.2. The predicted molar refractivity (Wildman–Crippen MR) is 77.5 cm³/mol. The molecule has 1 aromatic carbocycles. The van der Waals surface area contributed by atoms with E-state index < -0.39 is 12.0 Å². The van der Waals surface area contributed by atoms with Crippen molar-refractivity contribution >= 4 is 12.0 Å². The number of benzene rings is 1. The zero-order chi connectivity index (χ0) is 15.1. The highest BCUT2D eigenvalue weighted by Gasteiger charge is 2.24. The topological polar surface area (TPSA) is 69.6 Å². The lowest BCUT2D eigenvalue weighted by Crippen LogP contribution is -2.46. The maximum atomic E-state index is 12.0. The van der Waals surface area contributed by atoms with Gasteiger partial charge in [-0.25, -0.2) is 9.59 Å². The molecule has 1 atom stereocenters. The largest absolute Gasteiger partial charge is 0.480 e. The van der Waals surface area contributed by atoms with Crippen molar-refractivity contribution in [3.8, 4) is 0 Å². The van der Waals surface area contributed by atoms with E-state index in [2.05, 4.69) is 12.2 Å². The lowest BCUT2D eigenvalue weighted by Gasteiger charge is -2.24. The minimum absolute atomic E-state index is 0.370. The van der Waals surface area contributed by atoms with Crippen molar-refractivity contribution in [2.24, 2.45) is 0 Å². The van der Waals surface area contributed by atoms with Crippen molar-refractivity contribution in [2.75, 3.05) is 7.05 Å². The van der Waals surface area contributed by atoms with E-state index in [-0.39, 0.29) is 6.03 Å². The molecule has 110 valence electrons. The van der Waals surface area contributed by atoms with E-state index in [1.807, 2.05) is 24.3 Å². The van der Waals surface area contributed by atoms with Crippen molar-refractivity contribution in [3.63, 3.8) is 0 Å². The Morgan fingerprint density at radius 1 is 1.25 bits per heavy atom. The van der Waals surface area contributed by atoms with Gasteiger partial charge in [0.15, 0.2) is 0 Å². The summed E-state index contributed by atoms with van der Waals surface area (Å²) in [6.45, 7) is 4.21. The van der Waals surface area contributed by atoms with E-state index in [1.165, 1.54) is 17.5 Å². The molecule has 0 aliphatic carbocycles. The number of nitrogens with zero attached hydrogens (tertiary/aromatic N) is 1. The molecule has 0 spiro atoms. The average Bonchev–Trinajstić information content (AvgIpc) is 2.45. The van der Waals surface area contributed by atoms with Gasteiger partial charge in [-0.1, -0.05) is 38.1 Å². The Morgan fingerprint density at radius 2 is 1.85 bits per heavy atom. The molecule has 20 heavy (non-hydrogen) atoms. The summed E-state index contributed by atoms with van der Waals surface area (Å²) in [5.41, 5.74) is 2.24. The van der Waals surface area contributed by atoms with Gasteiger partial charge in [0.2, 0.25) is 0 Å². The Bertz CT molecular complexity index is 474. The van der Waals surface area contributed by atoms with Gasteiger partial charge in [0.1, 0.15) is 6.04 Å². The lowest BCUT2D eigenvalue weighted by atomic mass is 10.1. The first kappa shape index (κ1) is 16.0. The number of hydrogen-bond donors (Lipinski definition) is 2. The van der Waals surface area contributed by atoms with Gasteiger partial charge in [0.25, 0.3) is 0 Å². The van der Waals surface area contributed by atoms with Crippen LogP contribution in [0, 0.1) is 0 Å². The van der Waals surface area contributed by atoms with Crippen LogP contribution in [0.15, 0.2) is 24.3 Å². The molecule has 0 bridgehead atoms. The van der Waals surface area contributed by atoms with Crippen LogP contribution >= 0.6 is 0 Å². The fourth-order valence-corrected chi connectivity index (χ4v) is 2.13. The van der Waals surface area contributed by atoms with Crippen molar-refractivity contribution in [3.05, 3.63) is 35.4 Å². The highest BCUT2D eigenvalue weighted by molar-refractivity contribution is 5.82. The molecule has 1 aromatic rings. The molecule has 1 unspecified atom stereocenters. The fraction of sp³-hybridized carbons (Fsp3) is 0.467. The van der Waals surface area contributed by atoms with Crippen molar-refractivity contribution in [1.29, 1.82) is 0 Å². The number of aryl methyl sites for hydroxylation is 1. The zero-order valence-electron chi connectivity index (χ0n) is 12.2. The second-order valence-electron chi connectivity index (χ2n) is 4.65. The number of amides is 2. The molecular formula is C15H22N2O3.